The third-order valence-electron chi connectivity index (χ3n) is 4.14. The maximum atomic E-state index is 12.6. The van der Waals surface area contributed by atoms with Crippen LogP contribution in [-0.4, -0.2) is 38.0 Å². The summed E-state index contributed by atoms with van der Waals surface area (Å²) in [5.41, 5.74) is 3.07. The molecule has 0 unspecified atom stereocenters. The van der Waals surface area contributed by atoms with Gasteiger partial charge in [0.15, 0.2) is 0 Å². The lowest BCUT2D eigenvalue weighted by Gasteiger charge is -2.20. The summed E-state index contributed by atoms with van der Waals surface area (Å²) in [7, 11) is 0. The van der Waals surface area contributed by atoms with Gasteiger partial charge < -0.3 is 4.90 Å². The summed E-state index contributed by atoms with van der Waals surface area (Å²) in [6.07, 6.45) is 5.92. The van der Waals surface area contributed by atoms with E-state index in [9.17, 15) is 4.79 Å². The first-order valence-electron chi connectivity index (χ1n) is 8.08. The number of carbonyl (C=O) groups excluding carboxylic acids is 1. The molecule has 0 bridgehead atoms. The SMILES string of the molecule is C=CCN(Cc1cccc(-c2nn[nH]n2)c1)C(=O)/C=C(\C)C1CC1. The minimum absolute atomic E-state index is 0.0317. The predicted molar refractivity (Wildman–Crippen MR) is 91.7 cm³/mol. The maximum Gasteiger partial charge on any atom is 0.247 e. The number of nitrogens with zero attached hydrogens (tertiary/aromatic N) is 4. The van der Waals surface area contributed by atoms with Crippen LogP contribution in [0.2, 0.25) is 0 Å². The molecule has 1 heterocycles. The van der Waals surface area contributed by atoms with Crippen molar-refractivity contribution >= 4 is 5.91 Å². The van der Waals surface area contributed by atoms with Gasteiger partial charge in [0.05, 0.1) is 0 Å². The fraction of sp³-hybridized carbons (Fsp3) is 0.333. The van der Waals surface area contributed by atoms with Gasteiger partial charge in [0.25, 0.3) is 0 Å². The van der Waals surface area contributed by atoms with E-state index < -0.39 is 0 Å². The summed E-state index contributed by atoms with van der Waals surface area (Å²) in [6, 6.07) is 7.82. The Labute approximate surface area is 141 Å². The van der Waals surface area contributed by atoms with E-state index in [-0.39, 0.29) is 5.91 Å². The number of nitrogens with one attached hydrogen (secondary N) is 1. The van der Waals surface area contributed by atoms with Gasteiger partial charge in [0.2, 0.25) is 11.7 Å². The number of tetrazole rings is 1. The van der Waals surface area contributed by atoms with Crippen molar-refractivity contribution in [2.45, 2.75) is 26.3 Å². The number of hydrogen-bond acceptors (Lipinski definition) is 4. The largest absolute Gasteiger partial charge is 0.331 e. The molecule has 6 heteroatoms. The quantitative estimate of drug-likeness (QED) is 0.628. The zero-order valence-electron chi connectivity index (χ0n) is 13.8. The van der Waals surface area contributed by atoms with Crippen LogP contribution in [0.15, 0.2) is 48.6 Å². The Morgan fingerprint density at radius 3 is 2.96 bits per heavy atom. The lowest BCUT2D eigenvalue weighted by atomic mass is 10.1. The van der Waals surface area contributed by atoms with E-state index >= 15 is 0 Å². The highest BCUT2D eigenvalue weighted by molar-refractivity contribution is 5.88. The van der Waals surface area contributed by atoms with Crippen molar-refractivity contribution in [1.29, 1.82) is 0 Å². The van der Waals surface area contributed by atoms with E-state index in [0.717, 1.165) is 11.1 Å². The number of amides is 1. The Bertz CT molecular complexity index is 747. The topological polar surface area (TPSA) is 74.8 Å². The van der Waals surface area contributed by atoms with Crippen molar-refractivity contribution in [3.63, 3.8) is 0 Å². The molecule has 0 spiro atoms. The van der Waals surface area contributed by atoms with Crippen LogP contribution in [0.5, 0.6) is 0 Å². The van der Waals surface area contributed by atoms with Crippen LogP contribution in [0.4, 0.5) is 0 Å². The van der Waals surface area contributed by atoms with Crippen LogP contribution < -0.4 is 0 Å². The van der Waals surface area contributed by atoms with Gasteiger partial charge in [0.1, 0.15) is 0 Å². The van der Waals surface area contributed by atoms with E-state index in [0.29, 0.717) is 24.8 Å². The normalized spacial score (nSPS) is 14.5. The number of rotatable bonds is 7. The second kappa shape index (κ2) is 7.21. The summed E-state index contributed by atoms with van der Waals surface area (Å²) in [5, 5.41) is 14.0. The highest BCUT2D eigenvalue weighted by Crippen LogP contribution is 2.36. The van der Waals surface area contributed by atoms with Crippen molar-refractivity contribution in [3.05, 3.63) is 54.1 Å². The number of hydrogen-bond donors (Lipinski definition) is 1. The molecule has 0 aliphatic heterocycles. The predicted octanol–water partition coefficient (Wildman–Crippen LogP) is 2.74. The van der Waals surface area contributed by atoms with Crippen LogP contribution in [0.3, 0.4) is 0 Å². The smallest absolute Gasteiger partial charge is 0.247 e. The Hall–Kier alpha value is -2.76. The fourth-order valence-electron chi connectivity index (χ4n) is 2.64. The number of benzene rings is 1. The molecule has 124 valence electrons. The average Bonchev–Trinajstić information content (AvgIpc) is 3.29. The Morgan fingerprint density at radius 2 is 2.29 bits per heavy atom. The first-order chi connectivity index (χ1) is 11.7. The Morgan fingerprint density at radius 1 is 1.46 bits per heavy atom. The number of aromatic nitrogens is 4. The highest BCUT2D eigenvalue weighted by Gasteiger charge is 2.24. The molecule has 6 nitrogen and oxygen atoms in total. The van der Waals surface area contributed by atoms with Crippen LogP contribution in [-0.2, 0) is 11.3 Å². The van der Waals surface area contributed by atoms with Crippen LogP contribution in [0, 0.1) is 5.92 Å². The first-order valence-corrected chi connectivity index (χ1v) is 8.08. The number of allylic oxidation sites excluding steroid dienone is 1. The van der Waals surface area contributed by atoms with Crippen molar-refractivity contribution < 1.29 is 4.79 Å². The Kier molecular flexibility index (Phi) is 4.84. The lowest BCUT2D eigenvalue weighted by Crippen LogP contribution is -2.29. The van der Waals surface area contributed by atoms with Crippen molar-refractivity contribution in [2.24, 2.45) is 5.92 Å². The summed E-state index contributed by atoms with van der Waals surface area (Å²) < 4.78 is 0. The second-order valence-corrected chi connectivity index (χ2v) is 6.11. The maximum absolute atomic E-state index is 12.6. The van der Waals surface area contributed by atoms with Crippen LogP contribution in [0.1, 0.15) is 25.3 Å². The van der Waals surface area contributed by atoms with E-state index in [1.54, 1.807) is 17.1 Å². The van der Waals surface area contributed by atoms with Crippen LogP contribution >= 0.6 is 0 Å². The molecule has 1 N–H and O–H groups in total. The summed E-state index contributed by atoms with van der Waals surface area (Å²) >= 11 is 0. The molecule has 0 atom stereocenters. The number of aromatic amines is 1. The minimum Gasteiger partial charge on any atom is -0.331 e. The van der Waals surface area contributed by atoms with Gasteiger partial charge in [0, 0.05) is 24.7 Å². The molecule has 1 amide bonds. The van der Waals surface area contributed by atoms with Gasteiger partial charge in [-0.25, -0.2) is 0 Å². The molecular formula is C18H21N5O. The molecule has 24 heavy (non-hydrogen) atoms. The van der Waals surface area contributed by atoms with Crippen LogP contribution in [0.25, 0.3) is 11.4 Å². The standard InChI is InChI=1S/C18H21N5O/c1-3-9-23(17(24)10-13(2)15-7-8-15)12-14-5-4-6-16(11-14)18-19-21-22-20-18/h3-6,10-11,15H,1,7-9,12H2,2H3,(H,19,20,21,22)/b13-10+. The molecule has 1 aromatic carbocycles. The molecule has 1 aliphatic rings. The zero-order chi connectivity index (χ0) is 16.9. The van der Waals surface area contributed by atoms with Gasteiger partial charge in [-0.2, -0.15) is 5.21 Å². The van der Waals surface area contributed by atoms with Crippen molar-refractivity contribution in [1.82, 2.24) is 25.5 Å². The van der Waals surface area contributed by atoms with Gasteiger partial charge in [-0.1, -0.05) is 29.8 Å². The molecule has 3 rings (SSSR count). The third-order valence-corrected chi connectivity index (χ3v) is 4.14. The highest BCUT2D eigenvalue weighted by atomic mass is 16.2. The lowest BCUT2D eigenvalue weighted by molar-refractivity contribution is -0.126. The molecule has 2 aromatic rings. The van der Waals surface area contributed by atoms with Gasteiger partial charge >= 0.3 is 0 Å². The minimum atomic E-state index is 0.0317. The molecular weight excluding hydrogens is 302 g/mol. The average molecular weight is 323 g/mol. The van der Waals surface area contributed by atoms with Gasteiger partial charge in [-0.3, -0.25) is 4.79 Å². The van der Waals surface area contributed by atoms with E-state index in [4.69, 9.17) is 0 Å². The number of carbonyl (C=O) groups is 1. The molecule has 1 saturated carbocycles. The van der Waals surface area contributed by atoms with Crippen molar-refractivity contribution in [3.8, 4) is 11.4 Å². The molecule has 1 fully saturated rings. The number of H-pyrrole nitrogens is 1. The summed E-state index contributed by atoms with van der Waals surface area (Å²) in [6.45, 7) is 6.83. The van der Waals surface area contributed by atoms with Gasteiger partial charge in [-0.15, -0.1) is 16.8 Å². The third kappa shape index (κ3) is 3.95. The fourth-order valence-corrected chi connectivity index (χ4v) is 2.64. The molecule has 0 radical (unpaired) electrons. The Balaban J connectivity index is 1.75. The monoisotopic (exact) mass is 323 g/mol. The first kappa shape index (κ1) is 16.1. The van der Waals surface area contributed by atoms with E-state index in [1.807, 2.05) is 31.2 Å². The zero-order valence-corrected chi connectivity index (χ0v) is 13.8. The molecule has 1 aliphatic carbocycles. The van der Waals surface area contributed by atoms with Gasteiger partial charge in [-0.05, 0) is 42.5 Å². The van der Waals surface area contributed by atoms with E-state index in [2.05, 4.69) is 27.2 Å². The second-order valence-electron chi connectivity index (χ2n) is 6.11. The summed E-state index contributed by atoms with van der Waals surface area (Å²) in [4.78, 5) is 14.3. The summed E-state index contributed by atoms with van der Waals surface area (Å²) in [5.74, 6) is 1.17. The molecule has 1 aromatic heterocycles. The molecule has 0 saturated heterocycles. The van der Waals surface area contributed by atoms with E-state index in [1.165, 1.54) is 18.4 Å². The van der Waals surface area contributed by atoms with Crippen molar-refractivity contribution in [2.75, 3.05) is 6.54 Å².